The third-order valence-corrected chi connectivity index (χ3v) is 1.62. The normalized spacial score (nSPS) is 11.9. The van der Waals surface area contributed by atoms with Crippen LogP contribution in [0.15, 0.2) is 6.33 Å². The van der Waals surface area contributed by atoms with Crippen LogP contribution in [0, 0.1) is 0 Å². The van der Waals surface area contributed by atoms with E-state index in [0.29, 0.717) is 0 Å². The lowest BCUT2D eigenvalue weighted by molar-refractivity contribution is -0.122. The molecule has 14 heavy (non-hydrogen) atoms. The zero-order chi connectivity index (χ0) is 10.6. The summed E-state index contributed by atoms with van der Waals surface area (Å²) in [6.45, 7) is 1.58. The predicted molar refractivity (Wildman–Crippen MR) is 47.4 cm³/mol. The van der Waals surface area contributed by atoms with Gasteiger partial charge in [-0.15, -0.1) is 0 Å². The fourth-order valence-electron chi connectivity index (χ4n) is 0.862. The molecule has 0 aliphatic rings. The van der Waals surface area contributed by atoms with Crippen LogP contribution in [0.3, 0.4) is 0 Å². The highest BCUT2D eigenvalue weighted by molar-refractivity contribution is 5.94. The molecule has 0 fully saturated rings. The molecule has 0 aliphatic heterocycles. The lowest BCUT2D eigenvalue weighted by atomic mass is 10.3. The summed E-state index contributed by atoms with van der Waals surface area (Å²) in [5.74, 6) is -0.641. The first kappa shape index (κ1) is 10.2. The van der Waals surface area contributed by atoms with Gasteiger partial charge in [0.1, 0.15) is 12.4 Å². The van der Waals surface area contributed by atoms with E-state index in [0.717, 1.165) is 0 Å². The van der Waals surface area contributed by atoms with E-state index in [1.165, 1.54) is 13.4 Å². The van der Waals surface area contributed by atoms with E-state index < -0.39 is 11.9 Å². The van der Waals surface area contributed by atoms with Gasteiger partial charge in [0.05, 0.1) is 0 Å². The number of likely N-dealkylation sites (N-methyl/N-ethyl adjacent to an activating group) is 1. The minimum Gasteiger partial charge on any atom is -0.357 e. The number of nitrogens with one attached hydrogen (secondary N) is 3. The molecular formula is C7H11N5O2. The number of hydrogen-bond donors (Lipinski definition) is 3. The van der Waals surface area contributed by atoms with Crippen LogP contribution in [0.5, 0.6) is 0 Å². The number of nitrogens with zero attached hydrogens (tertiary/aromatic N) is 2. The Morgan fingerprint density at radius 3 is 2.79 bits per heavy atom. The number of carbonyl (C=O) groups is 2. The van der Waals surface area contributed by atoms with Gasteiger partial charge >= 0.3 is 0 Å². The highest BCUT2D eigenvalue weighted by atomic mass is 16.2. The van der Waals surface area contributed by atoms with E-state index in [1.807, 2.05) is 0 Å². The summed E-state index contributed by atoms with van der Waals surface area (Å²) in [6.07, 6.45) is 1.22. The first-order valence-corrected chi connectivity index (χ1v) is 4.03. The van der Waals surface area contributed by atoms with Gasteiger partial charge in [-0.3, -0.25) is 14.7 Å². The number of carbonyl (C=O) groups excluding carboxylic acids is 2. The predicted octanol–water partition coefficient (Wildman–Crippen LogP) is -1.33. The van der Waals surface area contributed by atoms with Crippen LogP contribution < -0.4 is 10.6 Å². The van der Waals surface area contributed by atoms with Crippen LogP contribution in [0.4, 0.5) is 0 Å². The van der Waals surface area contributed by atoms with E-state index in [2.05, 4.69) is 25.8 Å². The highest BCUT2D eigenvalue weighted by Crippen LogP contribution is 1.88. The molecule has 0 bridgehead atoms. The second-order valence-electron chi connectivity index (χ2n) is 2.64. The van der Waals surface area contributed by atoms with Crippen molar-refractivity contribution < 1.29 is 9.59 Å². The molecule has 0 saturated carbocycles. The Morgan fingerprint density at radius 1 is 1.57 bits per heavy atom. The van der Waals surface area contributed by atoms with Crippen LogP contribution in [0.2, 0.25) is 0 Å². The summed E-state index contributed by atoms with van der Waals surface area (Å²) in [4.78, 5) is 26.0. The Kier molecular flexibility index (Phi) is 3.16. The van der Waals surface area contributed by atoms with Crippen LogP contribution in [0.1, 0.15) is 17.5 Å². The molecule has 1 atom stereocenters. The van der Waals surface area contributed by atoms with Gasteiger partial charge in [-0.05, 0) is 6.92 Å². The highest BCUT2D eigenvalue weighted by Gasteiger charge is 2.16. The van der Waals surface area contributed by atoms with E-state index in [1.54, 1.807) is 6.92 Å². The summed E-state index contributed by atoms with van der Waals surface area (Å²) >= 11 is 0. The second kappa shape index (κ2) is 4.35. The standard InChI is InChI=1S/C7H11N5O2/c1-4(6(13)8-2)11-7(14)5-9-3-10-12-5/h3-4H,1-2H3,(H,8,13)(H,11,14)(H,9,10,12). The number of aromatic nitrogens is 3. The Morgan fingerprint density at radius 2 is 2.29 bits per heavy atom. The SMILES string of the molecule is CNC(=O)C(C)NC(=O)c1ncn[nH]1. The van der Waals surface area contributed by atoms with Gasteiger partial charge in [0.15, 0.2) is 0 Å². The molecule has 1 aromatic rings. The molecule has 0 spiro atoms. The van der Waals surface area contributed by atoms with Gasteiger partial charge in [-0.25, -0.2) is 4.98 Å². The maximum Gasteiger partial charge on any atom is 0.289 e. The molecule has 1 heterocycles. The average molecular weight is 197 g/mol. The molecule has 7 nitrogen and oxygen atoms in total. The molecule has 3 N–H and O–H groups in total. The average Bonchev–Trinajstić information content (AvgIpc) is 2.69. The quantitative estimate of drug-likeness (QED) is 0.559. The molecule has 0 aromatic carbocycles. The Bertz CT molecular complexity index is 321. The lowest BCUT2D eigenvalue weighted by Gasteiger charge is -2.10. The third-order valence-electron chi connectivity index (χ3n) is 1.62. The minimum atomic E-state index is -0.599. The zero-order valence-electron chi connectivity index (χ0n) is 7.87. The summed E-state index contributed by atoms with van der Waals surface area (Å²) in [5, 5.41) is 10.8. The van der Waals surface area contributed by atoms with E-state index in [9.17, 15) is 9.59 Å². The topological polar surface area (TPSA) is 99.8 Å². The van der Waals surface area contributed by atoms with Crippen molar-refractivity contribution in [3.05, 3.63) is 12.2 Å². The molecule has 2 amide bonds. The number of aromatic amines is 1. The molecule has 1 unspecified atom stereocenters. The van der Waals surface area contributed by atoms with Crippen LogP contribution in [-0.4, -0.2) is 40.1 Å². The smallest absolute Gasteiger partial charge is 0.289 e. The Balaban J connectivity index is 2.53. The fraction of sp³-hybridized carbons (Fsp3) is 0.429. The number of hydrogen-bond acceptors (Lipinski definition) is 4. The van der Waals surface area contributed by atoms with Crippen molar-refractivity contribution >= 4 is 11.8 Å². The summed E-state index contributed by atoms with van der Waals surface area (Å²) in [7, 11) is 1.50. The van der Waals surface area contributed by atoms with Crippen molar-refractivity contribution in [2.24, 2.45) is 0 Å². The van der Waals surface area contributed by atoms with Crippen molar-refractivity contribution in [3.8, 4) is 0 Å². The number of H-pyrrole nitrogens is 1. The fourth-order valence-corrected chi connectivity index (χ4v) is 0.862. The molecule has 0 saturated heterocycles. The molecule has 76 valence electrons. The van der Waals surface area contributed by atoms with Gasteiger partial charge in [0.25, 0.3) is 5.91 Å². The monoisotopic (exact) mass is 197 g/mol. The van der Waals surface area contributed by atoms with Crippen molar-refractivity contribution in [1.29, 1.82) is 0 Å². The largest absolute Gasteiger partial charge is 0.357 e. The van der Waals surface area contributed by atoms with E-state index in [4.69, 9.17) is 0 Å². The Labute approximate surface area is 80.3 Å². The van der Waals surface area contributed by atoms with Gasteiger partial charge in [0, 0.05) is 7.05 Å². The van der Waals surface area contributed by atoms with Gasteiger partial charge < -0.3 is 10.6 Å². The molecular weight excluding hydrogens is 186 g/mol. The molecule has 0 radical (unpaired) electrons. The number of rotatable bonds is 3. The van der Waals surface area contributed by atoms with Crippen molar-refractivity contribution in [3.63, 3.8) is 0 Å². The molecule has 1 aromatic heterocycles. The van der Waals surface area contributed by atoms with Crippen molar-refractivity contribution in [2.45, 2.75) is 13.0 Å². The summed E-state index contributed by atoms with van der Waals surface area (Å²) in [5.41, 5.74) is 0. The van der Waals surface area contributed by atoms with E-state index in [-0.39, 0.29) is 11.7 Å². The maximum absolute atomic E-state index is 11.3. The Hall–Kier alpha value is -1.92. The van der Waals surface area contributed by atoms with Crippen LogP contribution >= 0.6 is 0 Å². The van der Waals surface area contributed by atoms with Crippen LogP contribution in [0.25, 0.3) is 0 Å². The van der Waals surface area contributed by atoms with Crippen molar-refractivity contribution in [2.75, 3.05) is 7.05 Å². The number of amides is 2. The van der Waals surface area contributed by atoms with Gasteiger partial charge in [-0.1, -0.05) is 0 Å². The summed E-state index contributed by atoms with van der Waals surface area (Å²) in [6, 6.07) is -0.599. The van der Waals surface area contributed by atoms with E-state index >= 15 is 0 Å². The molecule has 0 aliphatic carbocycles. The second-order valence-corrected chi connectivity index (χ2v) is 2.64. The first-order chi connectivity index (χ1) is 6.65. The molecule has 7 heteroatoms. The first-order valence-electron chi connectivity index (χ1n) is 4.03. The van der Waals surface area contributed by atoms with Gasteiger partial charge in [0.2, 0.25) is 11.7 Å². The minimum absolute atomic E-state index is 0.0840. The third kappa shape index (κ3) is 2.28. The maximum atomic E-state index is 11.3. The summed E-state index contributed by atoms with van der Waals surface area (Å²) < 4.78 is 0. The van der Waals surface area contributed by atoms with Crippen molar-refractivity contribution in [1.82, 2.24) is 25.8 Å². The van der Waals surface area contributed by atoms with Gasteiger partial charge in [-0.2, -0.15) is 5.10 Å². The lowest BCUT2D eigenvalue weighted by Crippen LogP contribution is -2.43. The molecule has 1 rings (SSSR count). The zero-order valence-corrected chi connectivity index (χ0v) is 7.87. The van der Waals surface area contributed by atoms with Crippen LogP contribution in [-0.2, 0) is 4.79 Å².